The Morgan fingerprint density at radius 1 is 1.50 bits per heavy atom. The van der Waals surface area contributed by atoms with Crippen molar-refractivity contribution in [2.75, 3.05) is 6.54 Å². The highest BCUT2D eigenvalue weighted by atomic mass is 16.1. The van der Waals surface area contributed by atoms with E-state index in [1.165, 1.54) is 6.21 Å². The summed E-state index contributed by atoms with van der Waals surface area (Å²) in [6, 6.07) is 0. The summed E-state index contributed by atoms with van der Waals surface area (Å²) in [6.07, 6.45) is 4.36. The number of allylic oxidation sites excluding steroid dienone is 1. The average molecular weight is 220 g/mol. The topological polar surface area (TPSA) is 53.0 Å². The van der Waals surface area contributed by atoms with Crippen molar-refractivity contribution in [3.05, 3.63) is 11.8 Å². The summed E-state index contributed by atoms with van der Waals surface area (Å²) in [6.45, 7) is 6.34. The Kier molecular flexibility index (Phi) is 7.87. The Labute approximate surface area is 97.8 Å². The number of nitrogens with one attached hydrogen (secondary N) is 2. The summed E-state index contributed by atoms with van der Waals surface area (Å²) in [7, 11) is 0. The largest absolute Gasteiger partial charge is 0.390 e. The third-order valence-corrected chi connectivity index (χ3v) is 1.77. The summed E-state index contributed by atoms with van der Waals surface area (Å²) in [5.74, 6) is 6.41. The summed E-state index contributed by atoms with van der Waals surface area (Å²) in [5.41, 5.74) is 0.663. The van der Waals surface area contributed by atoms with Crippen molar-refractivity contribution >= 4 is 12.0 Å². The molecule has 16 heavy (non-hydrogen) atoms. The maximum atomic E-state index is 10.7. The van der Waals surface area contributed by atoms with Crippen molar-refractivity contribution in [3.8, 4) is 11.8 Å². The van der Waals surface area contributed by atoms with Crippen LogP contribution in [0.1, 0.15) is 33.6 Å². The van der Waals surface area contributed by atoms with Gasteiger partial charge < -0.3 is 15.5 Å². The van der Waals surface area contributed by atoms with Crippen LogP contribution in [0.25, 0.3) is 0 Å². The fourth-order valence-corrected chi connectivity index (χ4v) is 0.963. The van der Waals surface area contributed by atoms with Gasteiger partial charge >= 0.3 is 0 Å². The van der Waals surface area contributed by atoms with Crippen LogP contribution < -0.4 is 5.32 Å². The monoisotopic (exact) mass is 220 g/mol. The van der Waals surface area contributed by atoms with Crippen LogP contribution in [-0.4, -0.2) is 18.5 Å². The van der Waals surface area contributed by atoms with Gasteiger partial charge in [-0.2, -0.15) is 0 Å². The molecule has 0 fully saturated rings. The van der Waals surface area contributed by atoms with E-state index in [-0.39, 0.29) is 5.78 Å². The van der Waals surface area contributed by atoms with Crippen molar-refractivity contribution in [3.63, 3.8) is 0 Å². The zero-order chi connectivity index (χ0) is 12.4. The molecule has 3 nitrogen and oxygen atoms in total. The van der Waals surface area contributed by atoms with E-state index < -0.39 is 0 Å². The number of rotatable bonds is 6. The summed E-state index contributed by atoms with van der Waals surface area (Å²) in [5, 5.41) is 10.2. The van der Waals surface area contributed by atoms with E-state index in [0.717, 1.165) is 13.0 Å². The highest BCUT2D eigenvalue weighted by Gasteiger charge is 1.92. The van der Waals surface area contributed by atoms with Crippen molar-refractivity contribution < 1.29 is 4.79 Å². The number of carbonyl (C=O) groups excluding carboxylic acids is 1. The lowest BCUT2D eigenvalue weighted by Crippen LogP contribution is -2.09. The predicted octanol–water partition coefficient (Wildman–Crippen LogP) is 2.14. The maximum absolute atomic E-state index is 10.7. The fourth-order valence-electron chi connectivity index (χ4n) is 0.963. The first-order valence-corrected chi connectivity index (χ1v) is 5.51. The van der Waals surface area contributed by atoms with E-state index >= 15 is 0 Å². The third-order valence-electron chi connectivity index (χ3n) is 1.77. The molecule has 0 aromatic carbocycles. The molecule has 0 spiro atoms. The molecule has 0 aliphatic carbocycles. The molecule has 0 heterocycles. The number of ketones is 1. The van der Waals surface area contributed by atoms with Crippen LogP contribution in [0.2, 0.25) is 0 Å². The third kappa shape index (κ3) is 9.01. The summed E-state index contributed by atoms with van der Waals surface area (Å²) in [4.78, 5) is 10.7. The number of hydrogen-bond donors (Lipinski definition) is 2. The lowest BCUT2D eigenvalue weighted by atomic mass is 10.2. The Balaban J connectivity index is 3.96. The zero-order valence-corrected chi connectivity index (χ0v) is 10.3. The highest BCUT2D eigenvalue weighted by Crippen LogP contribution is 1.91. The van der Waals surface area contributed by atoms with Crippen molar-refractivity contribution in [2.24, 2.45) is 5.92 Å². The molecule has 0 aliphatic rings. The van der Waals surface area contributed by atoms with Crippen LogP contribution >= 0.6 is 0 Å². The van der Waals surface area contributed by atoms with Gasteiger partial charge in [0.25, 0.3) is 0 Å². The van der Waals surface area contributed by atoms with E-state index in [0.29, 0.717) is 17.9 Å². The summed E-state index contributed by atoms with van der Waals surface area (Å²) >= 11 is 0. The lowest BCUT2D eigenvalue weighted by molar-refractivity contribution is -0.117. The van der Waals surface area contributed by atoms with Crippen molar-refractivity contribution in [2.45, 2.75) is 33.6 Å². The molecule has 0 saturated heterocycles. The molecule has 0 aromatic rings. The van der Waals surface area contributed by atoms with Gasteiger partial charge in [0.1, 0.15) is 5.78 Å². The van der Waals surface area contributed by atoms with Gasteiger partial charge in [0.05, 0.1) is 5.57 Å². The van der Waals surface area contributed by atoms with E-state index in [1.54, 1.807) is 13.1 Å². The van der Waals surface area contributed by atoms with Gasteiger partial charge in [-0.05, 0) is 13.3 Å². The van der Waals surface area contributed by atoms with Gasteiger partial charge in [0.15, 0.2) is 0 Å². The van der Waals surface area contributed by atoms with Crippen LogP contribution in [0.3, 0.4) is 0 Å². The molecule has 2 N–H and O–H groups in total. The molecule has 0 amide bonds. The number of hydrogen-bond acceptors (Lipinski definition) is 3. The van der Waals surface area contributed by atoms with Crippen LogP contribution in [0.5, 0.6) is 0 Å². The molecule has 3 heteroatoms. The Morgan fingerprint density at radius 3 is 2.69 bits per heavy atom. The van der Waals surface area contributed by atoms with E-state index in [4.69, 9.17) is 5.41 Å². The van der Waals surface area contributed by atoms with E-state index in [1.807, 2.05) is 13.8 Å². The molecule has 0 saturated carbocycles. The standard InChI is InChI=1S/C13H20N2O/c1-11(2)6-7-13(9-14)10-15-8-4-5-12(3)16/h9-11,14-15H,4-5,8H2,1-3H3/b13-10-,14-9?. The first kappa shape index (κ1) is 14.4. The number of carbonyl (C=O) groups is 1. The Morgan fingerprint density at radius 2 is 2.19 bits per heavy atom. The Bertz CT molecular complexity index is 319. The first-order valence-electron chi connectivity index (χ1n) is 5.51. The maximum Gasteiger partial charge on any atom is 0.129 e. The molecule has 0 bridgehead atoms. The fraction of sp³-hybridized carbons (Fsp3) is 0.538. The minimum absolute atomic E-state index is 0.206. The predicted molar refractivity (Wildman–Crippen MR) is 67.4 cm³/mol. The van der Waals surface area contributed by atoms with E-state index in [2.05, 4.69) is 17.2 Å². The Hall–Kier alpha value is -1.56. The van der Waals surface area contributed by atoms with Gasteiger partial charge in [-0.1, -0.05) is 25.7 Å². The molecule has 88 valence electrons. The zero-order valence-electron chi connectivity index (χ0n) is 10.3. The second-order valence-corrected chi connectivity index (χ2v) is 3.93. The van der Waals surface area contributed by atoms with Crippen LogP contribution in [0.4, 0.5) is 0 Å². The van der Waals surface area contributed by atoms with Gasteiger partial charge in [-0.3, -0.25) is 0 Å². The molecule has 0 unspecified atom stereocenters. The molecular formula is C13H20N2O. The minimum atomic E-state index is 0.206. The highest BCUT2D eigenvalue weighted by molar-refractivity contribution is 5.82. The number of Topliss-reactive ketones (excluding diaryl/α,β-unsaturated/α-hetero) is 1. The van der Waals surface area contributed by atoms with Gasteiger partial charge in [-0.15, -0.1) is 0 Å². The molecular weight excluding hydrogens is 200 g/mol. The SMILES string of the molecule is CC(=O)CCCN/C=C(/C#CC(C)C)C=N. The van der Waals surface area contributed by atoms with Crippen LogP contribution in [0, 0.1) is 23.2 Å². The molecule has 0 aliphatic heterocycles. The average Bonchev–Trinajstić information content (AvgIpc) is 2.21. The second-order valence-electron chi connectivity index (χ2n) is 3.93. The van der Waals surface area contributed by atoms with E-state index in [9.17, 15) is 4.79 Å². The van der Waals surface area contributed by atoms with Crippen molar-refractivity contribution in [1.82, 2.24) is 5.32 Å². The van der Waals surface area contributed by atoms with Crippen LogP contribution in [0.15, 0.2) is 11.8 Å². The van der Waals surface area contributed by atoms with Crippen molar-refractivity contribution in [1.29, 1.82) is 5.41 Å². The van der Waals surface area contributed by atoms with Gasteiger partial charge in [0, 0.05) is 31.3 Å². The summed E-state index contributed by atoms with van der Waals surface area (Å²) < 4.78 is 0. The molecule has 0 rings (SSSR count). The van der Waals surface area contributed by atoms with Crippen LogP contribution in [-0.2, 0) is 4.79 Å². The normalized spacial score (nSPS) is 10.6. The first-order chi connectivity index (χ1) is 7.56. The molecule has 0 radical (unpaired) electrons. The minimum Gasteiger partial charge on any atom is -0.390 e. The lowest BCUT2D eigenvalue weighted by Gasteiger charge is -1.99. The van der Waals surface area contributed by atoms with Gasteiger partial charge in [-0.25, -0.2) is 0 Å². The molecule has 0 aromatic heterocycles. The second kappa shape index (κ2) is 8.72. The molecule has 0 atom stereocenters. The smallest absolute Gasteiger partial charge is 0.129 e. The van der Waals surface area contributed by atoms with Gasteiger partial charge in [0.2, 0.25) is 0 Å². The quantitative estimate of drug-likeness (QED) is 0.409.